The molecule has 0 unspecified atom stereocenters. The summed E-state index contributed by atoms with van der Waals surface area (Å²) in [4.78, 5) is 37.0. The number of hydrogen-bond acceptors (Lipinski definition) is 5. The number of ether oxygens (including phenoxy) is 1. The maximum Gasteiger partial charge on any atom is 0.237 e. The quantitative estimate of drug-likeness (QED) is 0.579. The Labute approximate surface area is 146 Å². The van der Waals surface area contributed by atoms with Crippen molar-refractivity contribution in [2.24, 2.45) is 5.73 Å². The van der Waals surface area contributed by atoms with Crippen LogP contribution in [0.2, 0.25) is 0 Å². The molecule has 3 amide bonds. The Bertz CT molecular complexity index is 635. The highest BCUT2D eigenvalue weighted by molar-refractivity contribution is 5.89. The monoisotopic (exact) mass is 348 g/mol. The summed E-state index contributed by atoms with van der Waals surface area (Å²) in [6, 6.07) is 7.04. The van der Waals surface area contributed by atoms with Crippen molar-refractivity contribution < 1.29 is 19.1 Å². The highest BCUT2D eigenvalue weighted by Crippen LogP contribution is 2.21. The summed E-state index contributed by atoms with van der Waals surface area (Å²) in [6.07, 6.45) is 0.104. The van der Waals surface area contributed by atoms with Gasteiger partial charge in [0, 0.05) is 38.2 Å². The lowest BCUT2D eigenvalue weighted by Gasteiger charge is -2.35. The molecule has 0 aromatic heterocycles. The van der Waals surface area contributed by atoms with E-state index in [9.17, 15) is 14.4 Å². The lowest BCUT2D eigenvalue weighted by molar-refractivity contribution is -0.134. The molecule has 1 heterocycles. The smallest absolute Gasteiger partial charge is 0.237 e. The van der Waals surface area contributed by atoms with Crippen LogP contribution in [0.3, 0.4) is 0 Å². The molecule has 1 aliphatic heterocycles. The molecule has 4 N–H and O–H groups in total. The molecule has 0 aliphatic carbocycles. The molecule has 8 nitrogen and oxygen atoms in total. The molecule has 0 saturated carbocycles. The Morgan fingerprint density at radius 2 is 2.16 bits per heavy atom. The summed E-state index contributed by atoms with van der Waals surface area (Å²) < 4.78 is 5.36. The van der Waals surface area contributed by atoms with Gasteiger partial charge in [-0.3, -0.25) is 19.3 Å². The summed E-state index contributed by atoms with van der Waals surface area (Å²) in [5, 5.41) is 5.41. The molecule has 136 valence electrons. The molecule has 8 heteroatoms. The predicted molar refractivity (Wildman–Crippen MR) is 91.6 cm³/mol. The van der Waals surface area contributed by atoms with Crippen LogP contribution in [0.1, 0.15) is 18.4 Å². The molecular formula is C17H24N4O4. The number of methoxy groups -OCH3 is 1. The fraction of sp³-hybridized carbons (Fsp3) is 0.471. The first-order valence-corrected chi connectivity index (χ1v) is 8.20. The van der Waals surface area contributed by atoms with Crippen molar-refractivity contribution in [3.05, 3.63) is 29.8 Å². The first-order chi connectivity index (χ1) is 12.0. The maximum atomic E-state index is 12.2. The van der Waals surface area contributed by atoms with E-state index in [2.05, 4.69) is 10.6 Å². The fourth-order valence-electron chi connectivity index (χ4n) is 2.80. The number of carbonyl (C=O) groups is 3. The van der Waals surface area contributed by atoms with Crippen LogP contribution in [0.25, 0.3) is 0 Å². The molecule has 1 aromatic rings. The van der Waals surface area contributed by atoms with Gasteiger partial charge in [0.2, 0.25) is 17.7 Å². The third kappa shape index (κ3) is 5.46. The summed E-state index contributed by atoms with van der Waals surface area (Å²) in [5.74, 6) is -0.189. The molecular weight excluding hydrogens is 324 g/mol. The lowest BCUT2D eigenvalue weighted by Crippen LogP contribution is -2.56. The molecule has 0 spiro atoms. The van der Waals surface area contributed by atoms with Gasteiger partial charge in [-0.2, -0.15) is 0 Å². The van der Waals surface area contributed by atoms with E-state index in [1.165, 1.54) is 0 Å². The summed E-state index contributed by atoms with van der Waals surface area (Å²) in [7, 11) is 1.60. The van der Waals surface area contributed by atoms with Crippen LogP contribution in [0.5, 0.6) is 5.75 Å². The van der Waals surface area contributed by atoms with Gasteiger partial charge in [-0.15, -0.1) is 0 Å². The summed E-state index contributed by atoms with van der Waals surface area (Å²) in [6.45, 7) is 1.86. The van der Waals surface area contributed by atoms with Crippen molar-refractivity contribution in [3.63, 3.8) is 0 Å². The van der Waals surface area contributed by atoms with E-state index in [1.54, 1.807) is 7.11 Å². The molecule has 2 rings (SSSR count). The van der Waals surface area contributed by atoms with Crippen molar-refractivity contribution >= 4 is 17.7 Å². The fourth-order valence-corrected chi connectivity index (χ4v) is 2.80. The third-order valence-electron chi connectivity index (χ3n) is 4.08. The van der Waals surface area contributed by atoms with E-state index < -0.39 is 11.9 Å². The second-order valence-electron chi connectivity index (χ2n) is 5.86. The highest BCUT2D eigenvalue weighted by atomic mass is 16.5. The number of hydrogen-bond donors (Lipinski definition) is 3. The zero-order valence-corrected chi connectivity index (χ0v) is 14.3. The van der Waals surface area contributed by atoms with Crippen LogP contribution in [0, 0.1) is 0 Å². The highest BCUT2D eigenvalue weighted by Gasteiger charge is 2.31. The third-order valence-corrected chi connectivity index (χ3v) is 4.08. The van der Waals surface area contributed by atoms with E-state index in [4.69, 9.17) is 10.5 Å². The molecule has 1 atom stereocenters. The number of carbonyl (C=O) groups excluding carboxylic acids is 3. The van der Waals surface area contributed by atoms with E-state index >= 15 is 0 Å². The number of benzene rings is 1. The summed E-state index contributed by atoms with van der Waals surface area (Å²) in [5.41, 5.74) is 6.00. The van der Waals surface area contributed by atoms with E-state index in [0.717, 1.165) is 11.3 Å². The topological polar surface area (TPSA) is 114 Å². The summed E-state index contributed by atoms with van der Waals surface area (Å²) >= 11 is 0. The van der Waals surface area contributed by atoms with Gasteiger partial charge in [0.15, 0.2) is 0 Å². The van der Waals surface area contributed by atoms with Gasteiger partial charge >= 0.3 is 0 Å². The van der Waals surface area contributed by atoms with Gasteiger partial charge in [0.05, 0.1) is 19.6 Å². The van der Waals surface area contributed by atoms with Gasteiger partial charge in [0.25, 0.3) is 0 Å². The minimum absolute atomic E-state index is 0.0275. The second kappa shape index (κ2) is 9.03. The number of nitrogens with one attached hydrogen (secondary N) is 2. The second-order valence-corrected chi connectivity index (χ2v) is 5.86. The Hall–Kier alpha value is -2.61. The van der Waals surface area contributed by atoms with Crippen LogP contribution < -0.4 is 21.1 Å². The normalized spacial score (nSPS) is 17.6. The van der Waals surface area contributed by atoms with Crippen molar-refractivity contribution in [2.75, 3.05) is 26.7 Å². The van der Waals surface area contributed by atoms with Crippen molar-refractivity contribution in [3.8, 4) is 5.75 Å². The Morgan fingerprint density at radius 1 is 1.40 bits per heavy atom. The number of rotatable bonds is 8. The first kappa shape index (κ1) is 18.7. The van der Waals surface area contributed by atoms with Gasteiger partial charge in [-0.25, -0.2) is 0 Å². The minimum Gasteiger partial charge on any atom is -0.496 e. The predicted octanol–water partition coefficient (Wildman–Crippen LogP) is -0.623. The van der Waals surface area contributed by atoms with Gasteiger partial charge in [-0.1, -0.05) is 18.2 Å². The first-order valence-electron chi connectivity index (χ1n) is 8.20. The lowest BCUT2D eigenvalue weighted by atomic mass is 10.1. The Morgan fingerprint density at radius 3 is 2.88 bits per heavy atom. The number of nitrogens with two attached hydrogens (primary N) is 1. The molecule has 1 aromatic carbocycles. The number of piperazine rings is 1. The molecule has 1 aliphatic rings. The maximum absolute atomic E-state index is 12.2. The number of primary amides is 1. The van der Waals surface area contributed by atoms with Crippen molar-refractivity contribution in [1.29, 1.82) is 0 Å². The van der Waals surface area contributed by atoms with Crippen LogP contribution in [-0.4, -0.2) is 55.4 Å². The van der Waals surface area contributed by atoms with Crippen LogP contribution in [0.4, 0.5) is 0 Å². The van der Waals surface area contributed by atoms with Gasteiger partial charge in [-0.05, 0) is 6.07 Å². The van der Waals surface area contributed by atoms with Crippen LogP contribution in [0.15, 0.2) is 24.3 Å². The minimum atomic E-state index is -0.563. The number of amides is 3. The van der Waals surface area contributed by atoms with E-state index in [-0.39, 0.29) is 31.2 Å². The van der Waals surface area contributed by atoms with Gasteiger partial charge in [0.1, 0.15) is 5.75 Å². The molecule has 1 saturated heterocycles. The molecule has 0 bridgehead atoms. The average Bonchev–Trinajstić information content (AvgIpc) is 2.58. The number of para-hydroxylation sites is 1. The van der Waals surface area contributed by atoms with Crippen LogP contribution in [-0.2, 0) is 20.9 Å². The molecule has 1 fully saturated rings. The van der Waals surface area contributed by atoms with Crippen molar-refractivity contribution in [1.82, 2.24) is 15.5 Å². The largest absolute Gasteiger partial charge is 0.496 e. The number of nitrogens with zero attached hydrogens (tertiary/aromatic N) is 1. The zero-order chi connectivity index (χ0) is 18.2. The van der Waals surface area contributed by atoms with Gasteiger partial charge < -0.3 is 21.1 Å². The standard InChI is InChI=1S/C17H24N4O4/c1-25-14-5-3-2-4-12(14)11-21-9-8-20-17(24)13(21)10-16(23)19-7-6-15(18)22/h2-5,13H,6-11H2,1H3,(H2,18,22)(H,19,23)(H,20,24)/t13-/m0/s1. The zero-order valence-electron chi connectivity index (χ0n) is 14.3. The molecule has 0 radical (unpaired) electrons. The SMILES string of the molecule is COc1ccccc1CN1CCNC(=O)[C@@H]1CC(=O)NCCC(N)=O. The van der Waals surface area contributed by atoms with E-state index in [1.807, 2.05) is 29.2 Å². The Balaban J connectivity index is 2.01. The van der Waals surface area contributed by atoms with E-state index in [0.29, 0.717) is 19.6 Å². The molecule has 25 heavy (non-hydrogen) atoms. The average molecular weight is 348 g/mol. The van der Waals surface area contributed by atoms with Crippen LogP contribution >= 0.6 is 0 Å². The van der Waals surface area contributed by atoms with Crippen molar-refractivity contribution in [2.45, 2.75) is 25.4 Å². The Kier molecular flexibility index (Phi) is 6.76.